The van der Waals surface area contributed by atoms with Crippen LogP contribution in [-0.4, -0.2) is 40.8 Å². The second-order valence-electron chi connectivity index (χ2n) is 4.49. The van der Waals surface area contributed by atoms with Crippen molar-refractivity contribution in [1.82, 2.24) is 10.0 Å². The molecule has 1 fully saturated rings. The van der Waals surface area contributed by atoms with Crippen molar-refractivity contribution in [3.8, 4) is 0 Å². The summed E-state index contributed by atoms with van der Waals surface area (Å²) >= 11 is 0. The van der Waals surface area contributed by atoms with Gasteiger partial charge in [0.25, 0.3) is 0 Å². The Labute approximate surface area is 112 Å². The van der Waals surface area contributed by atoms with Gasteiger partial charge in [-0.25, -0.2) is 17.5 Å². The second-order valence-corrected chi connectivity index (χ2v) is 6.22. The first-order valence-corrected chi connectivity index (χ1v) is 7.54. The molecule has 0 amide bonds. The van der Waals surface area contributed by atoms with Gasteiger partial charge in [-0.1, -0.05) is 0 Å². The molecular formula is C12H17FN2O3S. The molecule has 1 atom stereocenters. The van der Waals surface area contributed by atoms with Crippen LogP contribution in [0.5, 0.6) is 0 Å². The number of morpholine rings is 1. The predicted molar refractivity (Wildman–Crippen MR) is 68.9 cm³/mol. The Balaban J connectivity index is 2.05. The van der Waals surface area contributed by atoms with Gasteiger partial charge in [0.1, 0.15) is 5.82 Å². The fourth-order valence-corrected chi connectivity index (χ4v) is 3.26. The van der Waals surface area contributed by atoms with Crippen molar-refractivity contribution in [3.05, 3.63) is 29.6 Å². The van der Waals surface area contributed by atoms with Crippen LogP contribution in [-0.2, 0) is 14.8 Å². The summed E-state index contributed by atoms with van der Waals surface area (Å²) < 4.78 is 44.9. The molecule has 0 saturated carbocycles. The first-order chi connectivity index (χ1) is 8.99. The molecule has 0 aliphatic carbocycles. The summed E-state index contributed by atoms with van der Waals surface area (Å²) in [5.41, 5.74) is 0.389. The molecule has 1 saturated heterocycles. The molecule has 0 aromatic heterocycles. The SMILES string of the molecule is Cc1cc(F)ccc1S(=O)(=O)NCC1COCCN1. The maximum absolute atomic E-state index is 13.0. The Bertz CT molecular complexity index is 542. The zero-order valence-electron chi connectivity index (χ0n) is 10.6. The molecule has 1 aliphatic heterocycles. The quantitative estimate of drug-likeness (QED) is 0.841. The van der Waals surface area contributed by atoms with Gasteiger partial charge in [-0.2, -0.15) is 0 Å². The molecule has 0 radical (unpaired) electrons. The summed E-state index contributed by atoms with van der Waals surface area (Å²) in [4.78, 5) is 0.102. The van der Waals surface area contributed by atoms with E-state index in [1.807, 2.05) is 0 Å². The van der Waals surface area contributed by atoms with Gasteiger partial charge in [-0.15, -0.1) is 0 Å². The van der Waals surface area contributed by atoms with Crippen LogP contribution < -0.4 is 10.0 Å². The monoisotopic (exact) mass is 288 g/mol. The normalized spacial score (nSPS) is 20.4. The van der Waals surface area contributed by atoms with Crippen LogP contribution in [0.15, 0.2) is 23.1 Å². The molecule has 5 nitrogen and oxygen atoms in total. The number of sulfonamides is 1. The number of nitrogens with one attached hydrogen (secondary N) is 2. The van der Waals surface area contributed by atoms with E-state index in [9.17, 15) is 12.8 Å². The first kappa shape index (κ1) is 14.4. The lowest BCUT2D eigenvalue weighted by Gasteiger charge is -2.24. The summed E-state index contributed by atoms with van der Waals surface area (Å²) in [7, 11) is -3.62. The standard InChI is InChI=1S/C12H17FN2O3S/c1-9-6-10(13)2-3-12(9)19(16,17)15-7-11-8-18-5-4-14-11/h2-3,6,11,14-15H,4-5,7-8H2,1H3. The largest absolute Gasteiger partial charge is 0.378 e. The fraction of sp³-hybridized carbons (Fsp3) is 0.500. The number of ether oxygens (including phenoxy) is 1. The third kappa shape index (κ3) is 3.73. The van der Waals surface area contributed by atoms with Crippen molar-refractivity contribution < 1.29 is 17.5 Å². The smallest absolute Gasteiger partial charge is 0.240 e. The van der Waals surface area contributed by atoms with Gasteiger partial charge in [0.05, 0.1) is 18.1 Å². The molecule has 0 spiro atoms. The topological polar surface area (TPSA) is 67.4 Å². The Kier molecular flexibility index (Phi) is 4.51. The van der Waals surface area contributed by atoms with Gasteiger partial charge < -0.3 is 10.1 Å². The van der Waals surface area contributed by atoms with E-state index in [1.165, 1.54) is 12.1 Å². The van der Waals surface area contributed by atoms with Gasteiger partial charge in [0, 0.05) is 19.1 Å². The van der Waals surface area contributed by atoms with Gasteiger partial charge in [0.2, 0.25) is 10.0 Å². The summed E-state index contributed by atoms with van der Waals surface area (Å²) in [6, 6.07) is 3.59. The van der Waals surface area contributed by atoms with E-state index in [0.717, 1.165) is 6.07 Å². The Morgan fingerprint density at radius 3 is 2.95 bits per heavy atom. The van der Waals surface area contributed by atoms with Crippen LogP contribution in [0.25, 0.3) is 0 Å². The van der Waals surface area contributed by atoms with E-state index in [-0.39, 0.29) is 17.5 Å². The maximum Gasteiger partial charge on any atom is 0.240 e. The molecule has 1 unspecified atom stereocenters. The van der Waals surface area contributed by atoms with E-state index >= 15 is 0 Å². The minimum absolute atomic E-state index is 0.0377. The van der Waals surface area contributed by atoms with E-state index in [2.05, 4.69) is 10.0 Å². The molecule has 1 aromatic carbocycles. The van der Waals surface area contributed by atoms with Crippen molar-refractivity contribution in [3.63, 3.8) is 0 Å². The lowest BCUT2D eigenvalue weighted by atomic mass is 10.2. The van der Waals surface area contributed by atoms with Crippen LogP contribution in [0.2, 0.25) is 0 Å². The van der Waals surface area contributed by atoms with Crippen molar-refractivity contribution in [1.29, 1.82) is 0 Å². The summed E-state index contributed by atoms with van der Waals surface area (Å²) in [5.74, 6) is -0.446. The average Bonchev–Trinajstić information content (AvgIpc) is 2.37. The number of aryl methyl sites for hydroxylation is 1. The highest BCUT2D eigenvalue weighted by Crippen LogP contribution is 2.15. The van der Waals surface area contributed by atoms with Gasteiger partial charge in [-0.3, -0.25) is 0 Å². The third-order valence-corrected chi connectivity index (χ3v) is 4.53. The molecule has 2 rings (SSSR count). The number of halogens is 1. The lowest BCUT2D eigenvalue weighted by Crippen LogP contribution is -2.48. The molecule has 1 aliphatic rings. The fourth-order valence-electron chi connectivity index (χ4n) is 1.95. The summed E-state index contributed by atoms with van der Waals surface area (Å²) in [5, 5.41) is 3.15. The lowest BCUT2D eigenvalue weighted by molar-refractivity contribution is 0.0784. The molecule has 7 heteroatoms. The summed E-state index contributed by atoms with van der Waals surface area (Å²) in [6.45, 7) is 3.64. The number of hydrogen-bond donors (Lipinski definition) is 2. The van der Waals surface area contributed by atoms with Crippen LogP contribution >= 0.6 is 0 Å². The van der Waals surface area contributed by atoms with Crippen molar-refractivity contribution in [2.45, 2.75) is 17.9 Å². The van der Waals surface area contributed by atoms with Gasteiger partial charge in [-0.05, 0) is 30.7 Å². The van der Waals surface area contributed by atoms with E-state index < -0.39 is 15.8 Å². The Morgan fingerprint density at radius 2 is 2.32 bits per heavy atom. The molecule has 1 aromatic rings. The molecule has 2 N–H and O–H groups in total. The zero-order valence-corrected chi connectivity index (χ0v) is 11.5. The average molecular weight is 288 g/mol. The van der Waals surface area contributed by atoms with Gasteiger partial charge >= 0.3 is 0 Å². The van der Waals surface area contributed by atoms with Crippen molar-refractivity contribution in [2.24, 2.45) is 0 Å². The Hall–Kier alpha value is -1.02. The van der Waals surface area contributed by atoms with Crippen LogP contribution in [0.4, 0.5) is 4.39 Å². The second kappa shape index (κ2) is 5.96. The molecule has 19 heavy (non-hydrogen) atoms. The zero-order chi connectivity index (χ0) is 13.9. The highest BCUT2D eigenvalue weighted by Gasteiger charge is 2.20. The van der Waals surface area contributed by atoms with E-state index in [1.54, 1.807) is 6.92 Å². The summed E-state index contributed by atoms with van der Waals surface area (Å²) in [6.07, 6.45) is 0. The van der Waals surface area contributed by atoms with Crippen molar-refractivity contribution in [2.75, 3.05) is 26.3 Å². The third-order valence-electron chi connectivity index (χ3n) is 2.94. The molecular weight excluding hydrogens is 271 g/mol. The van der Waals surface area contributed by atoms with Crippen LogP contribution in [0, 0.1) is 12.7 Å². The predicted octanol–water partition coefficient (Wildman–Crippen LogP) is 0.401. The molecule has 0 bridgehead atoms. The Morgan fingerprint density at radius 1 is 1.53 bits per heavy atom. The van der Waals surface area contributed by atoms with Crippen molar-refractivity contribution >= 4 is 10.0 Å². The minimum atomic E-state index is -3.62. The first-order valence-electron chi connectivity index (χ1n) is 6.06. The van der Waals surface area contributed by atoms with E-state index in [4.69, 9.17) is 4.74 Å². The number of benzene rings is 1. The minimum Gasteiger partial charge on any atom is -0.378 e. The molecule has 106 valence electrons. The number of rotatable bonds is 4. The van der Waals surface area contributed by atoms with E-state index in [0.29, 0.717) is 25.3 Å². The van der Waals surface area contributed by atoms with Crippen LogP contribution in [0.3, 0.4) is 0 Å². The van der Waals surface area contributed by atoms with Crippen LogP contribution in [0.1, 0.15) is 5.56 Å². The van der Waals surface area contributed by atoms with Gasteiger partial charge in [0.15, 0.2) is 0 Å². The maximum atomic E-state index is 13.0. The highest BCUT2D eigenvalue weighted by atomic mass is 32.2. The highest BCUT2D eigenvalue weighted by molar-refractivity contribution is 7.89. The molecule has 1 heterocycles. The number of hydrogen-bond acceptors (Lipinski definition) is 4.